The third kappa shape index (κ3) is 5.37. The molecule has 2 unspecified atom stereocenters. The zero-order valence-corrected chi connectivity index (χ0v) is 19.0. The average molecular weight is 348 g/mol. The number of rotatable bonds is 5. The van der Waals surface area contributed by atoms with Gasteiger partial charge in [0.15, 0.2) is 0 Å². The van der Waals surface area contributed by atoms with E-state index < -0.39 is 0 Å². The molecule has 0 aliphatic heterocycles. The third-order valence-corrected chi connectivity index (χ3v) is 12.0. The van der Waals surface area contributed by atoms with E-state index in [9.17, 15) is 0 Å². The quantitative estimate of drug-likeness (QED) is 0.400. The Kier molecular flexibility index (Phi) is 10.3. The van der Waals surface area contributed by atoms with Crippen molar-refractivity contribution >= 4 is 7.92 Å². The summed E-state index contributed by atoms with van der Waals surface area (Å²) in [5, 5.41) is 1.13. The molecular weight excluding hydrogens is 309 g/mol. The molecule has 0 aromatic heterocycles. The summed E-state index contributed by atoms with van der Waals surface area (Å²) in [6, 6.07) is 0. The van der Waals surface area contributed by atoms with Crippen molar-refractivity contribution in [3.8, 4) is 0 Å². The van der Waals surface area contributed by atoms with Crippen LogP contribution in [0.2, 0.25) is 0 Å². The van der Waals surface area contributed by atoms with Gasteiger partial charge in [-0.05, 0) is 28.8 Å². The van der Waals surface area contributed by atoms with Crippen LogP contribution in [0.1, 0.15) is 98.3 Å². The third-order valence-electron chi connectivity index (χ3n) is 7.52. The van der Waals surface area contributed by atoms with Crippen molar-refractivity contribution in [2.24, 2.45) is 11.8 Å². The zero-order chi connectivity index (χ0) is 16.5. The smallest absolute Gasteiger partial charge is 0.328 e. The van der Waals surface area contributed by atoms with Crippen LogP contribution in [-0.4, -0.2) is 16.0 Å². The van der Waals surface area contributed by atoms with E-state index in [2.05, 4.69) is 40.5 Å². The van der Waals surface area contributed by atoms with Gasteiger partial charge < -0.3 is 12.8 Å². The molecule has 25 heavy (non-hydrogen) atoms. The standard InChI is InChI=1S/C22H39P.2Li/c1-21(2,18-12-8-9-13-18)23(20-16-6-5-7-17-20)22(3,4)19-14-10-11-15-19;;/h8,10,18-20H,5-7,9,11-17H2,1-4H3;;/q-2;2*+1. The monoisotopic (exact) mass is 348 g/mol. The SMILES string of the molecule is CC(C)(C1C[CH-]CC1)P(C1CCCCC1)C(C)(C)C1C[CH-]CC1.[Li+].[Li+]. The first-order valence-electron chi connectivity index (χ1n) is 10.4. The molecule has 3 heteroatoms. The molecule has 0 aromatic carbocycles. The van der Waals surface area contributed by atoms with Gasteiger partial charge in [-0.25, -0.2) is 0 Å². The molecule has 3 aliphatic rings. The predicted molar refractivity (Wildman–Crippen MR) is 105 cm³/mol. The van der Waals surface area contributed by atoms with Crippen LogP contribution in [-0.2, 0) is 0 Å². The second-order valence-corrected chi connectivity index (χ2v) is 13.3. The molecule has 0 nitrogen and oxygen atoms in total. The fourth-order valence-corrected chi connectivity index (χ4v) is 11.7. The summed E-state index contributed by atoms with van der Waals surface area (Å²) in [7, 11) is 0.0726. The summed E-state index contributed by atoms with van der Waals surface area (Å²) in [5.74, 6) is 1.92. The second kappa shape index (κ2) is 10.4. The molecule has 134 valence electrons. The fraction of sp³-hybridized carbons (Fsp3) is 0.909. The zero-order valence-electron chi connectivity index (χ0n) is 18.1. The fourth-order valence-electron chi connectivity index (χ4n) is 6.21. The second-order valence-electron chi connectivity index (χ2n) is 9.57. The molecule has 0 spiro atoms. The average Bonchev–Trinajstić information content (AvgIpc) is 3.22. The van der Waals surface area contributed by atoms with Crippen molar-refractivity contribution in [3.63, 3.8) is 0 Å². The van der Waals surface area contributed by atoms with E-state index >= 15 is 0 Å². The molecule has 3 aliphatic carbocycles. The molecule has 0 radical (unpaired) electrons. The Morgan fingerprint density at radius 1 is 0.680 bits per heavy atom. The van der Waals surface area contributed by atoms with Crippen molar-refractivity contribution in [3.05, 3.63) is 12.8 Å². The first-order chi connectivity index (χ1) is 10.9. The molecular formula is C22H39Li2P. The molecule has 0 aromatic rings. The van der Waals surface area contributed by atoms with Gasteiger partial charge in [0.1, 0.15) is 0 Å². The van der Waals surface area contributed by atoms with Gasteiger partial charge >= 0.3 is 37.7 Å². The first-order valence-corrected chi connectivity index (χ1v) is 11.8. The van der Waals surface area contributed by atoms with Crippen LogP contribution in [0.4, 0.5) is 0 Å². The van der Waals surface area contributed by atoms with Gasteiger partial charge in [0.05, 0.1) is 0 Å². The molecule has 3 saturated carbocycles. The summed E-state index contributed by atoms with van der Waals surface area (Å²) >= 11 is 0. The normalized spacial score (nSPS) is 29.8. The van der Waals surface area contributed by atoms with E-state index in [1.165, 1.54) is 70.6 Å². The van der Waals surface area contributed by atoms with E-state index in [4.69, 9.17) is 0 Å². The van der Waals surface area contributed by atoms with Crippen molar-refractivity contribution < 1.29 is 37.7 Å². The maximum absolute atomic E-state index is 2.68. The number of hydrogen-bond donors (Lipinski definition) is 0. The van der Waals surface area contributed by atoms with Crippen LogP contribution < -0.4 is 37.7 Å². The summed E-state index contributed by atoms with van der Waals surface area (Å²) < 4.78 is 0. The molecule has 0 amide bonds. The van der Waals surface area contributed by atoms with Gasteiger partial charge in [-0.15, -0.1) is 0 Å². The Bertz CT molecular complexity index is 347. The minimum Gasteiger partial charge on any atom is -0.328 e. The topological polar surface area (TPSA) is 0 Å². The van der Waals surface area contributed by atoms with E-state index in [-0.39, 0.29) is 45.6 Å². The first kappa shape index (κ1) is 24.7. The Labute approximate surface area is 183 Å². The van der Waals surface area contributed by atoms with E-state index in [1.807, 2.05) is 0 Å². The van der Waals surface area contributed by atoms with Crippen molar-refractivity contribution in [2.45, 2.75) is 114 Å². The van der Waals surface area contributed by atoms with Gasteiger partial charge in [-0.3, -0.25) is 0 Å². The van der Waals surface area contributed by atoms with Gasteiger partial charge in [0.2, 0.25) is 0 Å². The van der Waals surface area contributed by atoms with Gasteiger partial charge in [-0.1, -0.05) is 79.6 Å². The van der Waals surface area contributed by atoms with Gasteiger partial charge in [-0.2, -0.15) is 25.7 Å². The van der Waals surface area contributed by atoms with Crippen molar-refractivity contribution in [2.75, 3.05) is 0 Å². The van der Waals surface area contributed by atoms with Crippen molar-refractivity contribution in [1.82, 2.24) is 0 Å². The molecule has 0 bridgehead atoms. The molecule has 0 heterocycles. The number of hydrogen-bond acceptors (Lipinski definition) is 0. The Morgan fingerprint density at radius 2 is 1.12 bits per heavy atom. The van der Waals surface area contributed by atoms with Crippen molar-refractivity contribution in [1.29, 1.82) is 0 Å². The van der Waals surface area contributed by atoms with E-state index in [0.29, 0.717) is 10.3 Å². The summed E-state index contributed by atoms with van der Waals surface area (Å²) in [4.78, 5) is 0. The maximum atomic E-state index is 2.68. The summed E-state index contributed by atoms with van der Waals surface area (Å²) in [6.45, 7) is 10.7. The van der Waals surface area contributed by atoms with Crippen LogP contribution >= 0.6 is 7.92 Å². The summed E-state index contributed by atoms with van der Waals surface area (Å²) in [5.41, 5.74) is 1.05. The molecule has 0 saturated heterocycles. The predicted octanol–water partition coefficient (Wildman–Crippen LogP) is 1.37. The Hall–Kier alpha value is 1.62. The van der Waals surface area contributed by atoms with Crippen LogP contribution in [0.15, 0.2) is 0 Å². The molecule has 2 atom stereocenters. The Morgan fingerprint density at radius 3 is 1.48 bits per heavy atom. The van der Waals surface area contributed by atoms with Crippen LogP contribution in [0.25, 0.3) is 0 Å². The van der Waals surface area contributed by atoms with Crippen LogP contribution in [0, 0.1) is 24.7 Å². The molecule has 3 fully saturated rings. The van der Waals surface area contributed by atoms with Crippen LogP contribution in [0.3, 0.4) is 0 Å². The van der Waals surface area contributed by atoms with E-state index in [0.717, 1.165) is 17.5 Å². The van der Waals surface area contributed by atoms with Gasteiger partial charge in [0, 0.05) is 0 Å². The molecule has 3 rings (SSSR count). The van der Waals surface area contributed by atoms with Crippen LogP contribution in [0.5, 0.6) is 0 Å². The maximum Gasteiger partial charge on any atom is 1.00 e. The minimum atomic E-state index is 0. The molecule has 0 N–H and O–H groups in total. The van der Waals surface area contributed by atoms with Gasteiger partial charge in [0.25, 0.3) is 0 Å². The Balaban J connectivity index is 0.00000156. The minimum absolute atomic E-state index is 0. The summed E-state index contributed by atoms with van der Waals surface area (Å²) in [6.07, 6.45) is 21.2. The van der Waals surface area contributed by atoms with E-state index in [1.54, 1.807) is 0 Å². The largest absolute Gasteiger partial charge is 1.00 e.